The molecule has 2 N–H and O–H groups in total. The number of likely N-dealkylation sites (tertiary alicyclic amines) is 1. The summed E-state index contributed by atoms with van der Waals surface area (Å²) in [5.41, 5.74) is 0. The number of nitrogens with zero attached hydrogens (tertiary/aromatic N) is 1. The molecule has 2 aliphatic heterocycles. The molecule has 2 saturated heterocycles. The minimum Gasteiger partial charge on any atom is -0.377 e. The van der Waals surface area contributed by atoms with Crippen molar-refractivity contribution in [3.63, 3.8) is 0 Å². The minimum absolute atomic E-state index is 0.0925. The molecule has 76 valence electrons. The van der Waals surface area contributed by atoms with Gasteiger partial charge in [-0.15, -0.1) is 0 Å². The van der Waals surface area contributed by atoms with Gasteiger partial charge in [-0.3, -0.25) is 4.90 Å². The summed E-state index contributed by atoms with van der Waals surface area (Å²) in [6, 6.07) is 0.492. The van der Waals surface area contributed by atoms with Gasteiger partial charge in [0.1, 0.15) is 6.23 Å². The van der Waals surface area contributed by atoms with E-state index in [0.29, 0.717) is 6.04 Å². The zero-order chi connectivity index (χ0) is 9.42. The lowest BCUT2D eigenvalue weighted by molar-refractivity contribution is -0.141. The van der Waals surface area contributed by atoms with E-state index in [1.807, 2.05) is 11.9 Å². The Morgan fingerprint density at radius 3 is 3.08 bits per heavy atom. The van der Waals surface area contributed by atoms with Gasteiger partial charge in [0.05, 0.1) is 18.8 Å². The third-order valence-corrected chi connectivity index (χ3v) is 3.22. The monoisotopic (exact) mass is 186 g/mol. The molecule has 13 heavy (non-hydrogen) atoms. The molecule has 4 heteroatoms. The molecule has 2 fully saturated rings. The smallest absolute Gasteiger partial charge is 0.125 e. The van der Waals surface area contributed by atoms with Crippen molar-refractivity contribution in [3.8, 4) is 0 Å². The number of nitrogens with one attached hydrogen (secondary N) is 1. The Hall–Kier alpha value is -0.160. The highest BCUT2D eigenvalue weighted by molar-refractivity contribution is 4.93. The predicted molar refractivity (Wildman–Crippen MR) is 49.4 cm³/mol. The second-order valence-corrected chi connectivity index (χ2v) is 4.05. The van der Waals surface area contributed by atoms with Gasteiger partial charge in [-0.1, -0.05) is 0 Å². The summed E-state index contributed by atoms with van der Waals surface area (Å²) in [6.07, 6.45) is 0.787. The molecule has 0 amide bonds. The maximum Gasteiger partial charge on any atom is 0.125 e. The van der Waals surface area contributed by atoms with Gasteiger partial charge < -0.3 is 15.2 Å². The van der Waals surface area contributed by atoms with Crippen LogP contribution in [0.3, 0.4) is 0 Å². The number of aliphatic hydroxyl groups is 1. The van der Waals surface area contributed by atoms with E-state index in [4.69, 9.17) is 4.74 Å². The van der Waals surface area contributed by atoms with Crippen LogP contribution in [-0.2, 0) is 4.74 Å². The van der Waals surface area contributed by atoms with E-state index in [0.717, 1.165) is 19.6 Å². The number of likely N-dealkylation sites (N-methyl/N-ethyl adjacent to an activating group) is 1. The quantitative estimate of drug-likeness (QED) is 0.529. The molecule has 0 aromatic carbocycles. The van der Waals surface area contributed by atoms with Crippen LogP contribution in [0, 0.1) is 0 Å². The summed E-state index contributed by atoms with van der Waals surface area (Å²) < 4.78 is 5.62. The van der Waals surface area contributed by atoms with E-state index in [-0.39, 0.29) is 12.1 Å². The van der Waals surface area contributed by atoms with Crippen LogP contribution in [0.2, 0.25) is 0 Å². The first-order chi connectivity index (χ1) is 6.20. The molecule has 0 aromatic heterocycles. The fourth-order valence-corrected chi connectivity index (χ4v) is 2.20. The number of aliphatic hydroxyl groups excluding tert-OH is 1. The van der Waals surface area contributed by atoms with Crippen LogP contribution >= 0.6 is 0 Å². The summed E-state index contributed by atoms with van der Waals surface area (Å²) in [4.78, 5) is 2.00. The number of morpholine rings is 1. The maximum absolute atomic E-state index is 9.93. The van der Waals surface area contributed by atoms with Crippen molar-refractivity contribution >= 4 is 0 Å². The largest absolute Gasteiger partial charge is 0.377 e. The van der Waals surface area contributed by atoms with Crippen LogP contribution in [0.15, 0.2) is 0 Å². The fourth-order valence-electron chi connectivity index (χ4n) is 2.20. The average molecular weight is 186 g/mol. The van der Waals surface area contributed by atoms with Gasteiger partial charge in [0.2, 0.25) is 0 Å². The molecule has 0 aromatic rings. The summed E-state index contributed by atoms with van der Waals surface area (Å²) in [6.45, 7) is 3.74. The highest BCUT2D eigenvalue weighted by Gasteiger charge is 2.40. The van der Waals surface area contributed by atoms with E-state index < -0.39 is 6.23 Å². The van der Waals surface area contributed by atoms with Crippen LogP contribution in [0.4, 0.5) is 0 Å². The normalized spacial score (nSPS) is 47.3. The molecule has 0 saturated carbocycles. The van der Waals surface area contributed by atoms with Crippen molar-refractivity contribution in [1.82, 2.24) is 10.2 Å². The van der Waals surface area contributed by atoms with Gasteiger partial charge in [0, 0.05) is 12.6 Å². The SMILES string of the molecule is CC1CC2OCCNC2C(O)N1C. The molecule has 4 nitrogen and oxygen atoms in total. The van der Waals surface area contributed by atoms with Crippen molar-refractivity contribution in [2.45, 2.75) is 37.8 Å². The predicted octanol–water partition coefficient (Wildman–Crippen LogP) is -0.614. The van der Waals surface area contributed by atoms with Gasteiger partial charge in [0.25, 0.3) is 0 Å². The number of rotatable bonds is 0. The minimum atomic E-state index is -0.408. The van der Waals surface area contributed by atoms with Gasteiger partial charge in [-0.05, 0) is 20.4 Å². The van der Waals surface area contributed by atoms with Crippen LogP contribution < -0.4 is 5.32 Å². The van der Waals surface area contributed by atoms with Crippen molar-refractivity contribution in [3.05, 3.63) is 0 Å². The number of fused-ring (bicyclic) bond motifs is 1. The van der Waals surface area contributed by atoms with Gasteiger partial charge in [-0.25, -0.2) is 0 Å². The second kappa shape index (κ2) is 3.53. The zero-order valence-electron chi connectivity index (χ0n) is 8.23. The molecular weight excluding hydrogens is 168 g/mol. The third kappa shape index (κ3) is 1.59. The van der Waals surface area contributed by atoms with E-state index in [2.05, 4.69) is 12.2 Å². The van der Waals surface area contributed by atoms with E-state index in [9.17, 15) is 5.11 Å². The Morgan fingerprint density at radius 1 is 1.54 bits per heavy atom. The van der Waals surface area contributed by atoms with Gasteiger partial charge in [-0.2, -0.15) is 0 Å². The highest BCUT2D eigenvalue weighted by atomic mass is 16.5. The molecule has 2 heterocycles. The first kappa shape index (κ1) is 9.40. The summed E-state index contributed by atoms with van der Waals surface area (Å²) in [5.74, 6) is 0. The zero-order valence-corrected chi connectivity index (χ0v) is 8.23. The Labute approximate surface area is 78.9 Å². The summed E-state index contributed by atoms with van der Waals surface area (Å²) in [5, 5.41) is 13.2. The molecule has 0 bridgehead atoms. The third-order valence-electron chi connectivity index (χ3n) is 3.22. The van der Waals surface area contributed by atoms with Crippen LogP contribution in [0.5, 0.6) is 0 Å². The lowest BCUT2D eigenvalue weighted by Crippen LogP contribution is -2.65. The molecule has 0 spiro atoms. The second-order valence-electron chi connectivity index (χ2n) is 4.05. The molecular formula is C9H18N2O2. The molecule has 2 aliphatic rings. The van der Waals surface area contributed by atoms with E-state index in [1.54, 1.807) is 0 Å². The highest BCUT2D eigenvalue weighted by Crippen LogP contribution is 2.24. The van der Waals surface area contributed by atoms with Crippen LogP contribution in [0.1, 0.15) is 13.3 Å². The van der Waals surface area contributed by atoms with Crippen molar-refractivity contribution < 1.29 is 9.84 Å². The lowest BCUT2D eigenvalue weighted by Gasteiger charge is -2.47. The van der Waals surface area contributed by atoms with Crippen molar-refractivity contribution in [2.75, 3.05) is 20.2 Å². The average Bonchev–Trinajstić information content (AvgIpc) is 2.15. The fraction of sp³-hybridized carbons (Fsp3) is 1.00. The van der Waals surface area contributed by atoms with E-state index >= 15 is 0 Å². The molecule has 4 atom stereocenters. The topological polar surface area (TPSA) is 44.7 Å². The van der Waals surface area contributed by atoms with Crippen LogP contribution in [-0.4, -0.2) is 54.6 Å². The van der Waals surface area contributed by atoms with Crippen molar-refractivity contribution in [2.24, 2.45) is 0 Å². The number of piperidine rings is 1. The number of ether oxygens (including phenoxy) is 1. The number of hydrogen-bond donors (Lipinski definition) is 2. The maximum atomic E-state index is 9.93. The molecule has 2 rings (SSSR count). The molecule has 0 radical (unpaired) electrons. The standard InChI is InChI=1S/C9H18N2O2/c1-6-5-7-8(9(12)11(6)2)10-3-4-13-7/h6-10,12H,3-5H2,1-2H3. The van der Waals surface area contributed by atoms with Gasteiger partial charge in [0.15, 0.2) is 0 Å². The molecule has 0 aliphatic carbocycles. The first-order valence-corrected chi connectivity index (χ1v) is 4.95. The lowest BCUT2D eigenvalue weighted by atomic mass is 9.94. The Balaban J connectivity index is 2.08. The molecule has 4 unspecified atom stereocenters. The van der Waals surface area contributed by atoms with E-state index in [1.165, 1.54) is 0 Å². The van der Waals surface area contributed by atoms with Crippen molar-refractivity contribution in [1.29, 1.82) is 0 Å². The Bertz CT molecular complexity index is 186. The summed E-state index contributed by atoms with van der Waals surface area (Å²) in [7, 11) is 1.96. The number of hydrogen-bond acceptors (Lipinski definition) is 4. The van der Waals surface area contributed by atoms with Crippen LogP contribution in [0.25, 0.3) is 0 Å². The first-order valence-electron chi connectivity index (χ1n) is 4.95. The van der Waals surface area contributed by atoms with Gasteiger partial charge >= 0.3 is 0 Å². The Kier molecular flexibility index (Phi) is 2.55. The Morgan fingerprint density at radius 2 is 2.31 bits per heavy atom. The summed E-state index contributed by atoms with van der Waals surface area (Å²) >= 11 is 0.